The highest BCUT2D eigenvalue weighted by atomic mass is 35.5. The molecule has 1 aliphatic heterocycles. The Bertz CT molecular complexity index is 1280. The van der Waals surface area contributed by atoms with Crippen LogP contribution in [0.5, 0.6) is 0 Å². The normalized spacial score (nSPS) is 14.9. The summed E-state index contributed by atoms with van der Waals surface area (Å²) in [7, 11) is 0. The molecule has 0 saturated carbocycles. The minimum absolute atomic E-state index is 0.0504. The van der Waals surface area contributed by atoms with Gasteiger partial charge in [-0.1, -0.05) is 30.7 Å². The van der Waals surface area contributed by atoms with Gasteiger partial charge in [0.1, 0.15) is 17.2 Å². The first-order chi connectivity index (χ1) is 16.6. The third kappa shape index (κ3) is 4.80. The molecule has 34 heavy (non-hydrogen) atoms. The van der Waals surface area contributed by atoms with E-state index < -0.39 is 5.82 Å². The molecule has 176 valence electrons. The SMILES string of the molecule is CCC(Nc1nc(Nc2ccc(F)c(Cl)c2)nc2c(N3CCNCC3)cccc12)c1cccs1. The molecule has 3 N–H and O–H groups in total. The molecular formula is C25H26ClFN6S. The number of fused-ring (bicyclic) bond motifs is 1. The molecule has 1 fully saturated rings. The van der Waals surface area contributed by atoms with E-state index in [1.54, 1.807) is 23.5 Å². The molecule has 0 spiro atoms. The van der Waals surface area contributed by atoms with Gasteiger partial charge in [0.05, 0.1) is 16.8 Å². The number of thiophene rings is 1. The highest BCUT2D eigenvalue weighted by Crippen LogP contribution is 2.34. The van der Waals surface area contributed by atoms with Crippen molar-refractivity contribution < 1.29 is 4.39 Å². The molecule has 4 aromatic rings. The van der Waals surface area contributed by atoms with Crippen molar-refractivity contribution in [2.45, 2.75) is 19.4 Å². The summed E-state index contributed by atoms with van der Waals surface area (Å²) in [4.78, 5) is 13.3. The second-order valence-corrected chi connectivity index (χ2v) is 9.57. The first kappa shape index (κ1) is 22.8. The molecular weight excluding hydrogens is 471 g/mol. The third-order valence-electron chi connectivity index (χ3n) is 5.94. The lowest BCUT2D eigenvalue weighted by atomic mass is 10.1. The van der Waals surface area contributed by atoms with Crippen molar-refractivity contribution in [1.82, 2.24) is 15.3 Å². The minimum atomic E-state index is -0.461. The second-order valence-electron chi connectivity index (χ2n) is 8.18. The summed E-state index contributed by atoms with van der Waals surface area (Å²) in [5.41, 5.74) is 2.58. The van der Waals surface area contributed by atoms with Crippen LogP contribution < -0.4 is 20.9 Å². The second kappa shape index (κ2) is 10.1. The van der Waals surface area contributed by atoms with Crippen molar-refractivity contribution in [3.63, 3.8) is 0 Å². The molecule has 5 rings (SSSR count). The Kier molecular flexibility index (Phi) is 6.80. The fraction of sp³-hybridized carbons (Fsp3) is 0.280. The van der Waals surface area contributed by atoms with E-state index in [4.69, 9.17) is 21.6 Å². The Morgan fingerprint density at radius 1 is 1.15 bits per heavy atom. The first-order valence-electron chi connectivity index (χ1n) is 11.4. The van der Waals surface area contributed by atoms with Crippen LogP contribution in [0.1, 0.15) is 24.3 Å². The van der Waals surface area contributed by atoms with Gasteiger partial charge in [-0.25, -0.2) is 9.37 Å². The van der Waals surface area contributed by atoms with Crippen LogP contribution in [-0.4, -0.2) is 36.1 Å². The number of hydrogen-bond acceptors (Lipinski definition) is 7. The van der Waals surface area contributed by atoms with Crippen molar-refractivity contribution in [2.24, 2.45) is 0 Å². The summed E-state index contributed by atoms with van der Waals surface area (Å²) in [6.45, 7) is 5.85. The van der Waals surface area contributed by atoms with Crippen molar-refractivity contribution >= 4 is 57.0 Å². The lowest BCUT2D eigenvalue weighted by Gasteiger charge is -2.30. The Hall–Kier alpha value is -2.94. The molecule has 0 aliphatic carbocycles. The van der Waals surface area contributed by atoms with E-state index in [-0.39, 0.29) is 11.1 Å². The predicted molar refractivity (Wildman–Crippen MR) is 140 cm³/mol. The Morgan fingerprint density at radius 2 is 2.00 bits per heavy atom. The maximum Gasteiger partial charge on any atom is 0.229 e. The van der Waals surface area contributed by atoms with Crippen LogP contribution in [-0.2, 0) is 0 Å². The van der Waals surface area contributed by atoms with E-state index in [2.05, 4.69) is 63.5 Å². The van der Waals surface area contributed by atoms with Crippen LogP contribution in [0.25, 0.3) is 10.9 Å². The lowest BCUT2D eigenvalue weighted by molar-refractivity contribution is 0.590. The van der Waals surface area contributed by atoms with Gasteiger partial charge in [-0.2, -0.15) is 4.98 Å². The molecule has 1 aliphatic rings. The molecule has 1 atom stereocenters. The Morgan fingerprint density at radius 3 is 2.74 bits per heavy atom. The summed E-state index contributed by atoms with van der Waals surface area (Å²) in [5, 5.41) is 13.4. The molecule has 6 nitrogen and oxygen atoms in total. The number of benzene rings is 2. The Labute approximate surface area is 207 Å². The number of piperazine rings is 1. The van der Waals surface area contributed by atoms with Crippen LogP contribution in [0.2, 0.25) is 5.02 Å². The number of anilines is 4. The van der Waals surface area contributed by atoms with Crippen LogP contribution in [0, 0.1) is 5.82 Å². The predicted octanol–water partition coefficient (Wildman–Crippen LogP) is 6.20. The summed E-state index contributed by atoms with van der Waals surface area (Å²) in [6, 6.07) is 15.1. The molecule has 3 heterocycles. The van der Waals surface area contributed by atoms with Gasteiger partial charge >= 0.3 is 0 Å². The van der Waals surface area contributed by atoms with Gasteiger partial charge in [0.15, 0.2) is 0 Å². The molecule has 2 aromatic heterocycles. The van der Waals surface area contributed by atoms with E-state index in [1.165, 1.54) is 10.9 Å². The van der Waals surface area contributed by atoms with Gasteiger partial charge in [-0.15, -0.1) is 11.3 Å². The number of halogens is 2. The molecule has 2 aromatic carbocycles. The molecule has 0 radical (unpaired) electrons. The van der Waals surface area contributed by atoms with E-state index in [0.717, 1.165) is 55.0 Å². The molecule has 1 saturated heterocycles. The van der Waals surface area contributed by atoms with Crippen molar-refractivity contribution in [3.05, 3.63) is 69.6 Å². The summed E-state index contributed by atoms with van der Waals surface area (Å²) in [5.74, 6) is 0.732. The number of para-hydroxylation sites is 1. The van der Waals surface area contributed by atoms with Crippen molar-refractivity contribution in [3.8, 4) is 0 Å². The van der Waals surface area contributed by atoms with Crippen molar-refractivity contribution in [2.75, 3.05) is 41.7 Å². The smallest absolute Gasteiger partial charge is 0.229 e. The third-order valence-corrected chi connectivity index (χ3v) is 7.22. The fourth-order valence-corrected chi connectivity index (χ4v) is 5.24. The molecule has 9 heteroatoms. The zero-order valence-corrected chi connectivity index (χ0v) is 20.4. The highest BCUT2D eigenvalue weighted by molar-refractivity contribution is 7.10. The average Bonchev–Trinajstić information content (AvgIpc) is 3.40. The summed E-state index contributed by atoms with van der Waals surface area (Å²) < 4.78 is 13.7. The van der Waals surface area contributed by atoms with Gasteiger partial charge in [0.2, 0.25) is 5.95 Å². The largest absolute Gasteiger partial charge is 0.367 e. The number of rotatable bonds is 7. The van der Waals surface area contributed by atoms with Gasteiger partial charge < -0.3 is 20.9 Å². The maximum atomic E-state index is 13.7. The van der Waals surface area contributed by atoms with E-state index >= 15 is 0 Å². The topological polar surface area (TPSA) is 65.1 Å². The zero-order chi connectivity index (χ0) is 23.5. The van der Waals surface area contributed by atoms with E-state index in [1.807, 2.05) is 0 Å². The maximum absolute atomic E-state index is 13.7. The molecule has 1 unspecified atom stereocenters. The monoisotopic (exact) mass is 496 g/mol. The van der Waals surface area contributed by atoms with Gasteiger partial charge in [-0.05, 0) is 48.2 Å². The average molecular weight is 497 g/mol. The van der Waals surface area contributed by atoms with Crippen LogP contribution in [0.3, 0.4) is 0 Å². The van der Waals surface area contributed by atoms with E-state index in [0.29, 0.717) is 11.6 Å². The van der Waals surface area contributed by atoms with Gasteiger partial charge in [0, 0.05) is 42.1 Å². The summed E-state index contributed by atoms with van der Waals surface area (Å²) >= 11 is 7.73. The highest BCUT2D eigenvalue weighted by Gasteiger charge is 2.19. The standard InChI is InChI=1S/C25H26ClFN6S/c1-2-20(22-7-4-14-34-22)30-24-17-5-3-6-21(33-12-10-28-11-13-33)23(17)31-25(32-24)29-16-8-9-19(27)18(26)15-16/h3-9,14-15,20,28H,2,10-13H2,1H3,(H2,29,30,31,32). The van der Waals surface area contributed by atoms with Crippen LogP contribution >= 0.6 is 22.9 Å². The molecule has 0 bridgehead atoms. The molecule has 0 amide bonds. The summed E-state index contributed by atoms with van der Waals surface area (Å²) in [6.07, 6.45) is 0.916. The first-order valence-corrected chi connectivity index (χ1v) is 12.7. The van der Waals surface area contributed by atoms with Crippen LogP contribution in [0.4, 0.5) is 27.5 Å². The Balaban J connectivity index is 1.60. The van der Waals surface area contributed by atoms with E-state index in [9.17, 15) is 4.39 Å². The lowest BCUT2D eigenvalue weighted by Crippen LogP contribution is -2.43. The van der Waals surface area contributed by atoms with Gasteiger partial charge in [0.25, 0.3) is 0 Å². The van der Waals surface area contributed by atoms with Gasteiger partial charge in [-0.3, -0.25) is 0 Å². The zero-order valence-electron chi connectivity index (χ0n) is 18.8. The van der Waals surface area contributed by atoms with Crippen LogP contribution in [0.15, 0.2) is 53.9 Å². The quantitative estimate of drug-likeness (QED) is 0.283. The number of nitrogens with one attached hydrogen (secondary N) is 3. The number of nitrogens with zero attached hydrogens (tertiary/aromatic N) is 3. The van der Waals surface area contributed by atoms with Crippen molar-refractivity contribution in [1.29, 1.82) is 0 Å². The number of aromatic nitrogens is 2. The minimum Gasteiger partial charge on any atom is -0.367 e. The fourth-order valence-electron chi connectivity index (χ4n) is 4.20. The number of hydrogen-bond donors (Lipinski definition) is 3.